The van der Waals surface area contributed by atoms with Gasteiger partial charge in [0, 0.05) is 48.9 Å². The summed E-state index contributed by atoms with van der Waals surface area (Å²) in [5.41, 5.74) is 7.76. The van der Waals surface area contributed by atoms with Gasteiger partial charge in [-0.3, -0.25) is 0 Å². The van der Waals surface area contributed by atoms with Crippen molar-refractivity contribution in [3.63, 3.8) is 0 Å². The van der Waals surface area contributed by atoms with Gasteiger partial charge in [0.1, 0.15) is 6.23 Å². The molecule has 4 rings (SSSR count). The Bertz CT molecular complexity index is 1290. The Morgan fingerprint density at radius 3 is 1.87 bits per heavy atom. The minimum Gasteiger partial charge on any atom is -0.372 e. The van der Waals surface area contributed by atoms with Crippen LogP contribution in [0.1, 0.15) is 69.2 Å². The van der Waals surface area contributed by atoms with Crippen LogP contribution in [0, 0.1) is 6.92 Å². The molecule has 0 aliphatic rings. The molecule has 0 spiro atoms. The van der Waals surface area contributed by atoms with Gasteiger partial charge < -0.3 is 14.5 Å². The van der Waals surface area contributed by atoms with Crippen LogP contribution in [-0.2, 0) is 4.74 Å². The van der Waals surface area contributed by atoms with E-state index in [1.165, 1.54) is 44.4 Å². The normalized spacial score (nSPS) is 12.9. The van der Waals surface area contributed by atoms with Gasteiger partial charge in [-0.15, -0.1) is 0 Å². The third-order valence-corrected chi connectivity index (χ3v) is 7.66. The van der Waals surface area contributed by atoms with Gasteiger partial charge in [-0.2, -0.15) is 0 Å². The van der Waals surface area contributed by atoms with Gasteiger partial charge >= 0.3 is 0 Å². The van der Waals surface area contributed by atoms with E-state index in [9.17, 15) is 0 Å². The maximum atomic E-state index is 6.15. The quantitative estimate of drug-likeness (QED) is 0.140. The first-order chi connectivity index (χ1) is 18.5. The van der Waals surface area contributed by atoms with Crippen molar-refractivity contribution in [2.24, 2.45) is 0 Å². The van der Waals surface area contributed by atoms with Crippen LogP contribution < -0.4 is 9.80 Å². The van der Waals surface area contributed by atoms with E-state index in [0.29, 0.717) is 0 Å². The fourth-order valence-corrected chi connectivity index (χ4v) is 5.59. The second-order valence-corrected chi connectivity index (χ2v) is 10.1. The lowest BCUT2D eigenvalue weighted by atomic mass is 9.82. The number of hydrogen-bond acceptors (Lipinski definition) is 3. The number of anilines is 2. The zero-order valence-electron chi connectivity index (χ0n) is 24.1. The molecule has 0 radical (unpaired) electrons. The van der Waals surface area contributed by atoms with Crippen molar-refractivity contribution in [2.75, 3.05) is 36.0 Å². The molecule has 0 N–H and O–H groups in total. The SMILES string of the molecule is CCCOC(C)N(CC)c1ccc(C(c2ccc(C)cc2)c2ccc(N(CC)CC)cc2)c2ccccc12. The van der Waals surface area contributed by atoms with Crippen molar-refractivity contribution < 1.29 is 4.74 Å². The Morgan fingerprint density at radius 1 is 0.684 bits per heavy atom. The lowest BCUT2D eigenvalue weighted by Gasteiger charge is -2.32. The van der Waals surface area contributed by atoms with Crippen LogP contribution >= 0.6 is 0 Å². The van der Waals surface area contributed by atoms with Gasteiger partial charge in [0.25, 0.3) is 0 Å². The molecule has 4 aromatic carbocycles. The molecular weight excluding hydrogens is 464 g/mol. The Labute approximate surface area is 230 Å². The first kappa shape index (κ1) is 27.7. The van der Waals surface area contributed by atoms with Crippen molar-refractivity contribution in [1.82, 2.24) is 0 Å². The summed E-state index contributed by atoms with van der Waals surface area (Å²) >= 11 is 0. The van der Waals surface area contributed by atoms with Crippen LogP contribution in [0.3, 0.4) is 0 Å². The van der Waals surface area contributed by atoms with Crippen LogP contribution in [0.4, 0.5) is 11.4 Å². The van der Waals surface area contributed by atoms with E-state index in [0.717, 1.165) is 32.7 Å². The van der Waals surface area contributed by atoms with E-state index in [1.807, 2.05) is 0 Å². The Kier molecular flexibility index (Phi) is 9.47. The largest absolute Gasteiger partial charge is 0.372 e. The minimum atomic E-state index is 0.0229. The van der Waals surface area contributed by atoms with Gasteiger partial charge in [0.15, 0.2) is 0 Å². The molecule has 4 aromatic rings. The van der Waals surface area contributed by atoms with Crippen LogP contribution in [0.25, 0.3) is 10.8 Å². The highest BCUT2D eigenvalue weighted by atomic mass is 16.5. The average molecular weight is 509 g/mol. The van der Waals surface area contributed by atoms with Crippen molar-refractivity contribution in [2.45, 2.75) is 60.1 Å². The molecule has 0 heterocycles. The molecule has 0 bridgehead atoms. The van der Waals surface area contributed by atoms with Crippen LogP contribution in [-0.4, -0.2) is 32.5 Å². The molecule has 0 fully saturated rings. The number of ether oxygens (including phenoxy) is 1. The number of fused-ring (bicyclic) bond motifs is 1. The molecule has 0 aliphatic heterocycles. The van der Waals surface area contributed by atoms with Crippen LogP contribution in [0.15, 0.2) is 84.9 Å². The number of aryl methyl sites for hydroxylation is 1. The zero-order valence-corrected chi connectivity index (χ0v) is 24.1. The lowest BCUT2D eigenvalue weighted by Crippen LogP contribution is -2.35. The second kappa shape index (κ2) is 13.0. The third-order valence-electron chi connectivity index (χ3n) is 7.66. The topological polar surface area (TPSA) is 15.7 Å². The van der Waals surface area contributed by atoms with Crippen molar-refractivity contribution in [3.8, 4) is 0 Å². The van der Waals surface area contributed by atoms with Gasteiger partial charge in [0.2, 0.25) is 0 Å². The molecule has 0 amide bonds. The van der Waals surface area contributed by atoms with E-state index < -0.39 is 0 Å². The molecule has 0 saturated heterocycles. The molecule has 2 atom stereocenters. The van der Waals surface area contributed by atoms with Gasteiger partial charge in [0.05, 0.1) is 0 Å². The predicted molar refractivity (Wildman–Crippen MR) is 165 cm³/mol. The molecule has 2 unspecified atom stereocenters. The summed E-state index contributed by atoms with van der Waals surface area (Å²) in [6.45, 7) is 16.8. The summed E-state index contributed by atoms with van der Waals surface area (Å²) in [6, 6.07) is 31.8. The van der Waals surface area contributed by atoms with E-state index in [4.69, 9.17) is 4.74 Å². The summed E-state index contributed by atoms with van der Waals surface area (Å²) in [5.74, 6) is 0.143. The molecule has 0 saturated carbocycles. The van der Waals surface area contributed by atoms with E-state index in [1.54, 1.807) is 0 Å². The first-order valence-electron chi connectivity index (χ1n) is 14.3. The molecule has 200 valence electrons. The van der Waals surface area contributed by atoms with E-state index in [2.05, 4.69) is 136 Å². The predicted octanol–water partition coefficient (Wildman–Crippen LogP) is 8.77. The first-order valence-corrected chi connectivity index (χ1v) is 14.3. The number of benzene rings is 4. The van der Waals surface area contributed by atoms with Crippen LogP contribution in [0.5, 0.6) is 0 Å². The Morgan fingerprint density at radius 2 is 1.29 bits per heavy atom. The zero-order chi connectivity index (χ0) is 27.1. The monoisotopic (exact) mass is 508 g/mol. The second-order valence-electron chi connectivity index (χ2n) is 10.1. The van der Waals surface area contributed by atoms with E-state index >= 15 is 0 Å². The maximum Gasteiger partial charge on any atom is 0.127 e. The molecular formula is C35H44N2O. The summed E-state index contributed by atoms with van der Waals surface area (Å²) in [6.07, 6.45) is 1.04. The molecule has 38 heavy (non-hydrogen) atoms. The summed E-state index contributed by atoms with van der Waals surface area (Å²) in [7, 11) is 0. The highest BCUT2D eigenvalue weighted by Gasteiger charge is 2.23. The van der Waals surface area contributed by atoms with Gasteiger partial charge in [-0.1, -0.05) is 79.2 Å². The highest BCUT2D eigenvalue weighted by molar-refractivity contribution is 5.97. The number of hydrogen-bond donors (Lipinski definition) is 0. The van der Waals surface area contributed by atoms with Crippen molar-refractivity contribution in [1.29, 1.82) is 0 Å². The fourth-order valence-electron chi connectivity index (χ4n) is 5.59. The van der Waals surface area contributed by atoms with Crippen molar-refractivity contribution >= 4 is 22.1 Å². The third kappa shape index (κ3) is 5.89. The van der Waals surface area contributed by atoms with Crippen LogP contribution in [0.2, 0.25) is 0 Å². The molecule has 3 heteroatoms. The van der Waals surface area contributed by atoms with Crippen molar-refractivity contribution in [3.05, 3.63) is 107 Å². The maximum absolute atomic E-state index is 6.15. The number of nitrogens with zero attached hydrogens (tertiary/aromatic N) is 2. The molecule has 0 aromatic heterocycles. The standard InChI is InChI=1S/C35H44N2O/c1-7-25-38-27(6)37(10-4)34-24-23-33(31-13-11-12-14-32(31)34)35(28-17-15-26(5)16-18-28)29-19-21-30(22-20-29)36(8-2)9-3/h11-24,27,35H,7-10,25H2,1-6H3. The summed E-state index contributed by atoms with van der Waals surface area (Å²) < 4.78 is 6.15. The lowest BCUT2D eigenvalue weighted by molar-refractivity contribution is 0.0646. The van der Waals surface area contributed by atoms with Gasteiger partial charge in [-0.05, 0) is 81.3 Å². The summed E-state index contributed by atoms with van der Waals surface area (Å²) in [5, 5.41) is 2.57. The Balaban J connectivity index is 1.86. The fraction of sp³-hybridized carbons (Fsp3) is 0.371. The average Bonchev–Trinajstić information content (AvgIpc) is 2.95. The smallest absolute Gasteiger partial charge is 0.127 e. The number of rotatable bonds is 12. The molecule has 3 nitrogen and oxygen atoms in total. The summed E-state index contributed by atoms with van der Waals surface area (Å²) in [4.78, 5) is 4.78. The van der Waals surface area contributed by atoms with Gasteiger partial charge in [-0.25, -0.2) is 0 Å². The molecule has 0 aliphatic carbocycles. The Hall–Kier alpha value is -3.30. The minimum absolute atomic E-state index is 0.0229. The van der Waals surface area contributed by atoms with E-state index in [-0.39, 0.29) is 12.1 Å². The highest BCUT2D eigenvalue weighted by Crippen LogP contribution is 2.40.